The number of ether oxygens (including phenoxy) is 1. The van der Waals surface area contributed by atoms with E-state index < -0.39 is 11.0 Å². The van der Waals surface area contributed by atoms with Crippen LogP contribution in [0.4, 0.5) is 4.39 Å². The van der Waals surface area contributed by atoms with Gasteiger partial charge in [-0.25, -0.2) is 9.18 Å². The van der Waals surface area contributed by atoms with Crippen LogP contribution in [0.15, 0.2) is 0 Å². The zero-order chi connectivity index (χ0) is 16.7. The van der Waals surface area contributed by atoms with Gasteiger partial charge in [-0.2, -0.15) is 4.33 Å². The molecule has 4 saturated carbocycles. The Labute approximate surface area is 138 Å². The molecule has 4 rings (SSSR count). The third-order valence-electron chi connectivity index (χ3n) is 5.73. The summed E-state index contributed by atoms with van der Waals surface area (Å²) in [6.45, 7) is 1.29. The molecule has 23 heavy (non-hydrogen) atoms. The summed E-state index contributed by atoms with van der Waals surface area (Å²) in [6, 6.07) is 0. The summed E-state index contributed by atoms with van der Waals surface area (Å²) in [5, 5.41) is 20.2. The van der Waals surface area contributed by atoms with Gasteiger partial charge in [0.2, 0.25) is 0 Å². The Morgan fingerprint density at radius 1 is 1.35 bits per heavy atom. The monoisotopic (exact) mass is 349 g/mol. The maximum atomic E-state index is 14.1. The predicted octanol–water partition coefficient (Wildman–Crippen LogP) is 1.67. The van der Waals surface area contributed by atoms with E-state index >= 15 is 0 Å². The van der Waals surface area contributed by atoms with Crippen molar-refractivity contribution >= 4 is 18.0 Å². The predicted molar refractivity (Wildman–Crippen MR) is 76.9 cm³/mol. The van der Waals surface area contributed by atoms with Crippen LogP contribution < -0.4 is 5.26 Å². The normalized spacial score (nSPS) is 40.9. The second-order valence-electron chi connectivity index (χ2n) is 7.83. The summed E-state index contributed by atoms with van der Waals surface area (Å²) in [7, 11) is 0. The van der Waals surface area contributed by atoms with Gasteiger partial charge in [-0.3, -0.25) is 5.04 Å². The summed E-state index contributed by atoms with van der Waals surface area (Å²) < 4.78 is 23.2. The first kappa shape index (κ1) is 17.4. The van der Waals surface area contributed by atoms with Crippen molar-refractivity contribution in [2.75, 3.05) is 13.2 Å². The smallest absolute Gasteiger partial charge is 0.356 e. The average molecular weight is 349 g/mol. The SMILES string of the molecule is CC(F)(SOO[O-])C(=O)OCC12CC3CC(CC(CO)(C3)C1)C2. The standard InChI is InChI=1S/C15H23FO6S/c1-13(16,23-22-21-19)12(18)20-9-15-5-10-2-11(6-15)4-14(3-10,7-15)8-17/h10-11,17,19H,2-9H2,1H3/p-1. The highest BCUT2D eigenvalue weighted by Gasteiger charge is 2.58. The number of hydrogen-bond acceptors (Lipinski definition) is 7. The first-order valence-corrected chi connectivity index (χ1v) is 8.68. The van der Waals surface area contributed by atoms with Crippen LogP contribution in [-0.4, -0.2) is 29.3 Å². The van der Waals surface area contributed by atoms with E-state index in [2.05, 4.69) is 9.37 Å². The molecule has 0 aromatic carbocycles. The van der Waals surface area contributed by atoms with Gasteiger partial charge in [0.05, 0.1) is 18.6 Å². The third-order valence-corrected chi connectivity index (χ3v) is 6.33. The van der Waals surface area contributed by atoms with Gasteiger partial charge in [0.25, 0.3) is 5.00 Å². The van der Waals surface area contributed by atoms with Gasteiger partial charge < -0.3 is 15.1 Å². The van der Waals surface area contributed by atoms with Gasteiger partial charge in [0.1, 0.15) is 0 Å². The van der Waals surface area contributed by atoms with Gasteiger partial charge >= 0.3 is 5.97 Å². The molecule has 3 unspecified atom stereocenters. The minimum Gasteiger partial charge on any atom is -0.691 e. The Morgan fingerprint density at radius 3 is 2.52 bits per heavy atom. The number of aliphatic hydroxyl groups excluding tert-OH is 1. The number of alkyl halides is 1. The molecule has 0 spiro atoms. The summed E-state index contributed by atoms with van der Waals surface area (Å²) in [6.07, 6.45) is 6.03. The number of aliphatic hydroxyl groups is 1. The van der Waals surface area contributed by atoms with Crippen LogP contribution in [-0.2, 0) is 18.9 Å². The zero-order valence-corrected chi connectivity index (χ0v) is 13.9. The number of hydrogen-bond donors (Lipinski definition) is 1. The minimum absolute atomic E-state index is 0.00839. The van der Waals surface area contributed by atoms with Gasteiger partial charge in [0.15, 0.2) is 0 Å². The summed E-state index contributed by atoms with van der Waals surface area (Å²) in [5.74, 6) is 0.0456. The van der Waals surface area contributed by atoms with Crippen molar-refractivity contribution in [2.45, 2.75) is 50.4 Å². The average Bonchev–Trinajstić information content (AvgIpc) is 2.49. The molecule has 0 aliphatic heterocycles. The van der Waals surface area contributed by atoms with E-state index in [9.17, 15) is 19.5 Å². The number of carbonyl (C=O) groups is 1. The molecule has 8 heteroatoms. The molecular formula is C15H22FO6S-. The van der Waals surface area contributed by atoms with Crippen LogP contribution >= 0.6 is 12.0 Å². The van der Waals surface area contributed by atoms with Gasteiger partial charge in [-0.1, -0.05) is 0 Å². The van der Waals surface area contributed by atoms with Crippen LogP contribution in [0.5, 0.6) is 0 Å². The number of rotatable bonds is 7. The van der Waals surface area contributed by atoms with Crippen molar-refractivity contribution in [1.82, 2.24) is 0 Å². The van der Waals surface area contributed by atoms with Crippen molar-refractivity contribution in [2.24, 2.45) is 22.7 Å². The molecule has 132 valence electrons. The Kier molecular flexibility index (Phi) is 4.65. The highest BCUT2D eigenvalue weighted by molar-refractivity contribution is 7.96. The Hall–Kier alpha value is -0.410. The van der Waals surface area contributed by atoms with Crippen LogP contribution in [0, 0.1) is 22.7 Å². The Balaban J connectivity index is 1.63. The lowest BCUT2D eigenvalue weighted by Gasteiger charge is -2.61. The highest BCUT2D eigenvalue weighted by Crippen LogP contribution is 2.65. The van der Waals surface area contributed by atoms with Gasteiger partial charge in [-0.05, 0) is 62.7 Å². The van der Waals surface area contributed by atoms with Crippen molar-refractivity contribution in [3.8, 4) is 0 Å². The topological polar surface area (TPSA) is 88.0 Å². The molecule has 3 atom stereocenters. The number of carbonyl (C=O) groups excluding carboxylic acids is 1. The van der Waals surface area contributed by atoms with Crippen LogP contribution in [0.25, 0.3) is 0 Å². The molecule has 0 heterocycles. The summed E-state index contributed by atoms with van der Waals surface area (Å²) in [4.78, 5) is 11.9. The summed E-state index contributed by atoms with van der Waals surface area (Å²) in [5.41, 5.74) is -0.205. The Bertz CT molecular complexity index is 457. The lowest BCUT2D eigenvalue weighted by Crippen LogP contribution is -2.55. The van der Waals surface area contributed by atoms with Gasteiger partial charge in [0, 0.05) is 12.0 Å². The zero-order valence-electron chi connectivity index (χ0n) is 13.1. The summed E-state index contributed by atoms with van der Waals surface area (Å²) >= 11 is -0.00839. The van der Waals surface area contributed by atoms with Crippen molar-refractivity contribution < 1.29 is 33.7 Å². The van der Waals surface area contributed by atoms with E-state index in [0.717, 1.165) is 39.0 Å². The van der Waals surface area contributed by atoms with E-state index in [4.69, 9.17) is 4.74 Å². The van der Waals surface area contributed by atoms with Crippen LogP contribution in [0.3, 0.4) is 0 Å². The Morgan fingerprint density at radius 2 is 1.96 bits per heavy atom. The molecule has 1 N–H and O–H groups in total. The quantitative estimate of drug-likeness (QED) is 0.324. The lowest BCUT2D eigenvalue weighted by molar-refractivity contribution is -0.777. The number of halogens is 1. The van der Waals surface area contributed by atoms with E-state index in [-0.39, 0.29) is 36.1 Å². The van der Waals surface area contributed by atoms with Gasteiger partial charge in [-0.15, -0.1) is 0 Å². The van der Waals surface area contributed by atoms with Crippen molar-refractivity contribution in [3.05, 3.63) is 0 Å². The van der Waals surface area contributed by atoms with Crippen molar-refractivity contribution in [1.29, 1.82) is 0 Å². The minimum atomic E-state index is -2.50. The fourth-order valence-electron chi connectivity index (χ4n) is 5.46. The molecule has 4 bridgehead atoms. The molecule has 0 amide bonds. The molecule has 4 aliphatic carbocycles. The highest BCUT2D eigenvalue weighted by atomic mass is 32.2. The van der Waals surface area contributed by atoms with E-state index in [1.54, 1.807) is 0 Å². The maximum absolute atomic E-state index is 14.1. The molecule has 0 radical (unpaired) electrons. The number of esters is 1. The largest absolute Gasteiger partial charge is 0.691 e. The third kappa shape index (κ3) is 3.37. The second kappa shape index (κ2) is 6.15. The molecule has 0 aromatic rings. The van der Waals surface area contributed by atoms with E-state index in [1.165, 1.54) is 6.42 Å². The molecule has 4 aliphatic rings. The fourth-order valence-corrected chi connectivity index (χ4v) is 5.75. The van der Waals surface area contributed by atoms with E-state index in [0.29, 0.717) is 11.8 Å². The first-order chi connectivity index (χ1) is 10.8. The molecule has 0 saturated heterocycles. The van der Waals surface area contributed by atoms with Crippen LogP contribution in [0.1, 0.15) is 45.4 Å². The fraction of sp³-hybridized carbons (Fsp3) is 0.933. The maximum Gasteiger partial charge on any atom is 0.356 e. The first-order valence-electron chi connectivity index (χ1n) is 7.93. The lowest BCUT2D eigenvalue weighted by atomic mass is 9.44. The molecular weight excluding hydrogens is 327 g/mol. The van der Waals surface area contributed by atoms with E-state index in [1.807, 2.05) is 0 Å². The molecule has 0 aromatic heterocycles. The van der Waals surface area contributed by atoms with Crippen LogP contribution in [0.2, 0.25) is 0 Å². The molecule has 4 fully saturated rings. The second-order valence-corrected chi connectivity index (χ2v) is 8.90. The van der Waals surface area contributed by atoms with Crippen molar-refractivity contribution in [3.63, 3.8) is 0 Å². The molecule has 6 nitrogen and oxygen atoms in total.